The fraction of sp³-hybridized carbons (Fsp3) is 0.938. The highest BCUT2D eigenvalue weighted by Crippen LogP contribution is 2.19. The molecule has 0 aromatic rings. The number of aliphatic carboxylic acids is 1. The number of rotatable bonds is 11. The molecular formula is C16H31NO4. The summed E-state index contributed by atoms with van der Waals surface area (Å²) < 4.78 is 11.0. The molecule has 0 aromatic heterocycles. The van der Waals surface area contributed by atoms with Crippen molar-refractivity contribution in [3.05, 3.63) is 0 Å². The summed E-state index contributed by atoms with van der Waals surface area (Å²) in [6.07, 6.45) is 5.09. The molecule has 1 atom stereocenters. The highest BCUT2D eigenvalue weighted by Gasteiger charge is 2.35. The Bertz CT molecular complexity index is 292. The number of hydrogen-bond donors (Lipinski definition) is 2. The molecule has 21 heavy (non-hydrogen) atoms. The Morgan fingerprint density at radius 2 is 2.10 bits per heavy atom. The molecule has 0 aliphatic carbocycles. The lowest BCUT2D eigenvalue weighted by Crippen LogP contribution is -2.52. The van der Waals surface area contributed by atoms with Gasteiger partial charge in [0.15, 0.2) is 0 Å². The largest absolute Gasteiger partial charge is 0.480 e. The summed E-state index contributed by atoms with van der Waals surface area (Å²) in [5, 5.41) is 12.7. The van der Waals surface area contributed by atoms with Gasteiger partial charge in [-0.25, -0.2) is 0 Å². The summed E-state index contributed by atoms with van der Waals surface area (Å²) in [6.45, 7) is 7.81. The van der Waals surface area contributed by atoms with Gasteiger partial charge < -0.3 is 19.9 Å². The molecule has 124 valence electrons. The van der Waals surface area contributed by atoms with Crippen LogP contribution in [0.15, 0.2) is 0 Å². The summed E-state index contributed by atoms with van der Waals surface area (Å²) in [5.74, 6) is -0.143. The predicted octanol–water partition coefficient (Wildman–Crippen LogP) is 2.44. The Balaban J connectivity index is 2.24. The van der Waals surface area contributed by atoms with E-state index in [0.717, 1.165) is 52.0 Å². The first-order valence-electron chi connectivity index (χ1n) is 8.28. The minimum atomic E-state index is -0.794. The van der Waals surface area contributed by atoms with Gasteiger partial charge in [-0.05, 0) is 51.0 Å². The molecule has 1 rings (SSSR count). The van der Waals surface area contributed by atoms with E-state index in [1.807, 2.05) is 13.8 Å². The maximum Gasteiger partial charge on any atom is 0.323 e. The zero-order valence-electron chi connectivity index (χ0n) is 13.5. The average molecular weight is 301 g/mol. The van der Waals surface area contributed by atoms with Crippen LogP contribution in [0.25, 0.3) is 0 Å². The van der Waals surface area contributed by atoms with Crippen LogP contribution < -0.4 is 5.32 Å². The topological polar surface area (TPSA) is 67.8 Å². The Labute approximate surface area is 128 Å². The van der Waals surface area contributed by atoms with Crippen molar-refractivity contribution < 1.29 is 19.4 Å². The lowest BCUT2D eigenvalue weighted by molar-refractivity contribution is -0.145. The number of carbonyl (C=O) groups is 1. The van der Waals surface area contributed by atoms with Gasteiger partial charge in [-0.1, -0.05) is 13.8 Å². The molecular weight excluding hydrogens is 270 g/mol. The summed E-state index contributed by atoms with van der Waals surface area (Å²) >= 11 is 0. The van der Waals surface area contributed by atoms with Gasteiger partial charge >= 0.3 is 5.97 Å². The zero-order valence-corrected chi connectivity index (χ0v) is 13.5. The molecule has 0 saturated carbocycles. The maximum atomic E-state index is 11.6. The van der Waals surface area contributed by atoms with E-state index >= 15 is 0 Å². The molecule has 1 unspecified atom stereocenters. The van der Waals surface area contributed by atoms with Gasteiger partial charge in [0.2, 0.25) is 0 Å². The average Bonchev–Trinajstić information content (AvgIpc) is 2.51. The molecule has 1 fully saturated rings. The second-order valence-electron chi connectivity index (χ2n) is 5.90. The van der Waals surface area contributed by atoms with Crippen molar-refractivity contribution in [3.8, 4) is 0 Å². The monoisotopic (exact) mass is 301 g/mol. The molecule has 2 N–H and O–H groups in total. The molecule has 0 amide bonds. The summed E-state index contributed by atoms with van der Waals surface area (Å²) in [5.41, 5.74) is -0.794. The van der Waals surface area contributed by atoms with Crippen LogP contribution in [0.1, 0.15) is 52.4 Å². The van der Waals surface area contributed by atoms with E-state index in [2.05, 4.69) is 5.32 Å². The van der Waals surface area contributed by atoms with E-state index in [1.54, 1.807) is 0 Å². The smallest absolute Gasteiger partial charge is 0.323 e. The molecule has 1 aliphatic rings. The van der Waals surface area contributed by atoms with E-state index < -0.39 is 11.5 Å². The van der Waals surface area contributed by atoms with Crippen molar-refractivity contribution in [1.82, 2.24) is 5.32 Å². The highest BCUT2D eigenvalue weighted by atomic mass is 16.5. The van der Waals surface area contributed by atoms with Crippen molar-refractivity contribution in [2.45, 2.75) is 57.9 Å². The predicted molar refractivity (Wildman–Crippen MR) is 82.5 cm³/mol. The van der Waals surface area contributed by atoms with Crippen molar-refractivity contribution in [2.75, 3.05) is 33.0 Å². The van der Waals surface area contributed by atoms with Gasteiger partial charge in [0.25, 0.3) is 0 Å². The Morgan fingerprint density at radius 1 is 1.38 bits per heavy atom. The van der Waals surface area contributed by atoms with Crippen LogP contribution in [0.4, 0.5) is 0 Å². The first-order valence-corrected chi connectivity index (χ1v) is 8.28. The van der Waals surface area contributed by atoms with Gasteiger partial charge in [-0.3, -0.25) is 4.79 Å². The minimum Gasteiger partial charge on any atom is -0.480 e. The molecule has 1 saturated heterocycles. The van der Waals surface area contributed by atoms with Gasteiger partial charge in [0, 0.05) is 26.4 Å². The lowest BCUT2D eigenvalue weighted by Gasteiger charge is -2.29. The number of hydrogen-bond acceptors (Lipinski definition) is 4. The molecule has 1 aliphatic heterocycles. The molecule has 0 radical (unpaired) electrons. The summed E-state index contributed by atoms with van der Waals surface area (Å²) in [7, 11) is 0. The lowest BCUT2D eigenvalue weighted by atomic mass is 9.90. The van der Waals surface area contributed by atoms with Gasteiger partial charge in [-0.2, -0.15) is 0 Å². The van der Waals surface area contributed by atoms with Crippen LogP contribution in [0.2, 0.25) is 0 Å². The molecule has 0 spiro atoms. The third-order valence-corrected chi connectivity index (χ3v) is 4.31. The van der Waals surface area contributed by atoms with Crippen molar-refractivity contribution in [1.29, 1.82) is 0 Å². The Hall–Kier alpha value is -0.650. The molecule has 0 aromatic carbocycles. The number of carboxylic acids is 1. The standard InChI is InChI=1S/C16H31NO4/c1-3-9-17-16(4-2,15(18)19)8-5-10-21-13-14-6-11-20-12-7-14/h14,17H,3-13H2,1-2H3,(H,18,19). The van der Waals surface area contributed by atoms with Gasteiger partial charge in [0.1, 0.15) is 5.54 Å². The second-order valence-corrected chi connectivity index (χ2v) is 5.90. The van der Waals surface area contributed by atoms with Crippen LogP contribution in [0.5, 0.6) is 0 Å². The van der Waals surface area contributed by atoms with Crippen molar-refractivity contribution >= 4 is 5.97 Å². The molecule has 5 heteroatoms. The van der Waals surface area contributed by atoms with Crippen LogP contribution in [0, 0.1) is 5.92 Å². The van der Waals surface area contributed by atoms with Crippen LogP contribution in [0.3, 0.4) is 0 Å². The fourth-order valence-corrected chi connectivity index (χ4v) is 2.73. The third kappa shape index (κ3) is 6.32. The quantitative estimate of drug-likeness (QED) is 0.574. The fourth-order valence-electron chi connectivity index (χ4n) is 2.73. The first kappa shape index (κ1) is 18.4. The zero-order chi connectivity index (χ0) is 15.6. The summed E-state index contributed by atoms with van der Waals surface area (Å²) in [6, 6.07) is 0. The molecule has 0 bridgehead atoms. The van der Waals surface area contributed by atoms with Gasteiger partial charge in [-0.15, -0.1) is 0 Å². The molecule has 5 nitrogen and oxygen atoms in total. The summed E-state index contributed by atoms with van der Waals surface area (Å²) in [4.78, 5) is 11.6. The van der Waals surface area contributed by atoms with E-state index in [0.29, 0.717) is 25.4 Å². The Morgan fingerprint density at radius 3 is 2.67 bits per heavy atom. The second kappa shape index (κ2) is 10.1. The van der Waals surface area contributed by atoms with Crippen molar-refractivity contribution in [3.63, 3.8) is 0 Å². The molecule has 1 heterocycles. The minimum absolute atomic E-state index is 0.600. The first-order chi connectivity index (χ1) is 10.1. The van der Waals surface area contributed by atoms with Crippen LogP contribution >= 0.6 is 0 Å². The number of carboxylic acid groups (broad SMARTS) is 1. The van der Waals surface area contributed by atoms with Crippen molar-refractivity contribution in [2.24, 2.45) is 5.92 Å². The normalized spacial score (nSPS) is 19.3. The number of ether oxygens (including phenoxy) is 2. The SMILES string of the molecule is CCCNC(CC)(CCCOCC1CCOCC1)C(=O)O. The number of nitrogens with one attached hydrogen (secondary N) is 1. The van der Waals surface area contributed by atoms with Gasteiger partial charge in [0.05, 0.1) is 0 Å². The highest BCUT2D eigenvalue weighted by molar-refractivity contribution is 5.78. The Kier molecular flexibility index (Phi) is 8.88. The van der Waals surface area contributed by atoms with E-state index in [4.69, 9.17) is 9.47 Å². The van der Waals surface area contributed by atoms with E-state index in [-0.39, 0.29) is 0 Å². The maximum absolute atomic E-state index is 11.6. The third-order valence-electron chi connectivity index (χ3n) is 4.31. The van der Waals surface area contributed by atoms with Crippen LogP contribution in [-0.2, 0) is 14.3 Å². The van der Waals surface area contributed by atoms with E-state index in [9.17, 15) is 9.90 Å². The van der Waals surface area contributed by atoms with Crippen LogP contribution in [-0.4, -0.2) is 49.6 Å². The van der Waals surface area contributed by atoms with E-state index in [1.165, 1.54) is 0 Å².